The maximum atomic E-state index is 15.3. The molecule has 0 aromatic rings. The van der Waals surface area contributed by atoms with Crippen LogP contribution in [0.15, 0.2) is 16.6 Å². The first kappa shape index (κ1) is 47.0. The summed E-state index contributed by atoms with van der Waals surface area (Å²) in [4.78, 5) is 75.9. The van der Waals surface area contributed by atoms with Crippen LogP contribution in [-0.4, -0.2) is 94.4 Å². The number of aliphatic hydroxyl groups is 1. The van der Waals surface area contributed by atoms with E-state index in [1.54, 1.807) is 4.90 Å². The van der Waals surface area contributed by atoms with E-state index >= 15 is 4.79 Å². The van der Waals surface area contributed by atoms with Crippen LogP contribution in [0.1, 0.15) is 145 Å². The quantitative estimate of drug-likeness (QED) is 0.0738. The first-order valence-corrected chi connectivity index (χ1v) is 23.4. The number of aliphatic hydroxyl groups excluding tert-OH is 1. The van der Waals surface area contributed by atoms with Crippen molar-refractivity contribution in [3.05, 3.63) is 11.6 Å². The average molecular weight is 852 g/mol. The number of unbranched alkanes of at least 4 members (excludes halogenated alkanes) is 1. The topological polar surface area (TPSA) is 244 Å². The zero-order valence-corrected chi connectivity index (χ0v) is 38.1. The Morgan fingerprint density at radius 2 is 1.61 bits per heavy atom. The molecule has 0 spiro atoms. The van der Waals surface area contributed by atoms with Gasteiger partial charge in [0.05, 0.1) is 11.5 Å². The Kier molecular flexibility index (Phi) is 13.5. The molecule has 14 nitrogen and oxygen atoms in total. The standard InChI is InChI=1S/C47H77N7O7/c1-27-15-18-43(3)21-22-45(5)29(36(43)28(27)2)26-33(55)37-44(4)19-17-35(56)47(7,34(44)16-20-46(37,45)6)41(61)54-25-11-14-32(54)39(58)52-30(13-10-24-51-42(49)50)38(57)53-31(40(59)60)12-8-9-23-48/h26-28,30-32,34-37,56H,8-25,48H2,1-7H3,(H,52,58)(H,53,57)(H,59,60)(H4,49,50,51)/t27-,28+,30+,31+,32+,34-,35-,36+,37-,43-,44+,45-,46-,47-/m1/s1. The van der Waals surface area contributed by atoms with E-state index in [0.717, 1.165) is 19.3 Å². The van der Waals surface area contributed by atoms with Crippen molar-refractivity contribution in [2.45, 2.75) is 169 Å². The van der Waals surface area contributed by atoms with Crippen molar-refractivity contribution in [2.24, 2.45) is 78.9 Å². The van der Waals surface area contributed by atoms with E-state index in [9.17, 15) is 29.4 Å². The minimum atomic E-state index is -1.25. The molecule has 14 atom stereocenters. The van der Waals surface area contributed by atoms with Crippen molar-refractivity contribution in [2.75, 3.05) is 19.6 Å². The number of ketones is 1. The number of nitrogens with two attached hydrogens (primary N) is 3. The lowest BCUT2D eigenvalue weighted by atomic mass is 9.33. The molecule has 14 heteroatoms. The summed E-state index contributed by atoms with van der Waals surface area (Å²) in [6, 6.07) is -3.18. The number of fused-ring (bicyclic) bond motifs is 7. The predicted molar refractivity (Wildman–Crippen MR) is 234 cm³/mol. The molecule has 1 saturated heterocycles. The highest BCUT2D eigenvalue weighted by molar-refractivity contribution is 5.97. The van der Waals surface area contributed by atoms with Gasteiger partial charge < -0.3 is 42.9 Å². The molecule has 10 N–H and O–H groups in total. The SMILES string of the molecule is C[C@H]1[C@H](C)CC[C@]2(C)CC[C@]3(C)C(=CC(=O)[C@@H]4[C@@]5(C)CC[C@@H](O)[C@](C)(C(=O)N6CCC[C@H]6C(=O)N[C@@H](CCCN=C(N)N)C(=O)N[C@@H](CCCCN)C(=O)O)[C@@H]5CC[C@]43C)[C@H]12. The fourth-order valence-electron chi connectivity index (χ4n) is 14.3. The summed E-state index contributed by atoms with van der Waals surface area (Å²) in [5, 5.41) is 27.3. The van der Waals surface area contributed by atoms with Gasteiger partial charge in [0.2, 0.25) is 17.7 Å². The largest absolute Gasteiger partial charge is 0.480 e. The van der Waals surface area contributed by atoms with Crippen LogP contribution in [0.2, 0.25) is 0 Å². The number of nitrogens with one attached hydrogen (secondary N) is 2. The zero-order chi connectivity index (χ0) is 44.9. The number of rotatable bonds is 14. The highest BCUT2D eigenvalue weighted by Crippen LogP contribution is 2.75. The van der Waals surface area contributed by atoms with Crippen LogP contribution in [0.3, 0.4) is 0 Å². The minimum absolute atomic E-state index is 0.110. The molecule has 4 saturated carbocycles. The number of nitrogens with zero attached hydrogens (tertiary/aromatic N) is 2. The fourth-order valence-corrected chi connectivity index (χ4v) is 14.3. The Balaban J connectivity index is 1.25. The highest BCUT2D eigenvalue weighted by atomic mass is 16.4. The van der Waals surface area contributed by atoms with Crippen molar-refractivity contribution >= 4 is 35.4 Å². The first-order chi connectivity index (χ1) is 28.6. The fraction of sp³-hybridized carbons (Fsp3) is 0.830. The molecule has 3 amide bonds. The first-order valence-electron chi connectivity index (χ1n) is 23.4. The second-order valence-corrected chi connectivity index (χ2v) is 21.5. The van der Waals surface area contributed by atoms with E-state index in [-0.39, 0.29) is 65.1 Å². The van der Waals surface area contributed by atoms with Gasteiger partial charge in [-0.05, 0) is 161 Å². The Bertz CT molecular complexity index is 1780. The lowest BCUT2D eigenvalue weighted by molar-refractivity contribution is -0.212. The van der Waals surface area contributed by atoms with Gasteiger partial charge in [0.25, 0.3) is 0 Å². The molecule has 5 fully saturated rings. The minimum Gasteiger partial charge on any atom is -0.480 e. The van der Waals surface area contributed by atoms with Gasteiger partial charge >= 0.3 is 5.97 Å². The number of allylic oxidation sites excluding steroid dienone is 2. The number of carboxylic acid groups (broad SMARTS) is 1. The third kappa shape index (κ3) is 8.03. The molecule has 0 bridgehead atoms. The van der Waals surface area contributed by atoms with Gasteiger partial charge in [0.1, 0.15) is 18.1 Å². The summed E-state index contributed by atoms with van der Waals surface area (Å²) < 4.78 is 0. The molecule has 6 rings (SSSR count). The summed E-state index contributed by atoms with van der Waals surface area (Å²) in [5.41, 5.74) is 15.9. The van der Waals surface area contributed by atoms with Crippen molar-refractivity contribution in [1.82, 2.24) is 15.5 Å². The van der Waals surface area contributed by atoms with Gasteiger partial charge in [-0.15, -0.1) is 0 Å². The molecule has 0 radical (unpaired) electrons. The molecule has 0 aromatic heterocycles. The second-order valence-electron chi connectivity index (χ2n) is 21.5. The van der Waals surface area contributed by atoms with Crippen molar-refractivity contribution < 1.29 is 34.2 Å². The van der Waals surface area contributed by atoms with Crippen molar-refractivity contribution in [1.29, 1.82) is 0 Å². The Morgan fingerprint density at radius 3 is 2.28 bits per heavy atom. The molecule has 61 heavy (non-hydrogen) atoms. The van der Waals surface area contributed by atoms with E-state index in [1.165, 1.54) is 18.4 Å². The highest BCUT2D eigenvalue weighted by Gasteiger charge is 2.72. The third-order valence-corrected chi connectivity index (χ3v) is 18.2. The number of carbonyl (C=O) groups is 5. The molecule has 5 aliphatic carbocycles. The van der Waals surface area contributed by atoms with Gasteiger partial charge in [-0.2, -0.15) is 0 Å². The van der Waals surface area contributed by atoms with Crippen molar-refractivity contribution in [3.8, 4) is 0 Å². The predicted octanol–water partition coefficient (Wildman–Crippen LogP) is 4.41. The van der Waals surface area contributed by atoms with Crippen LogP contribution < -0.4 is 27.8 Å². The Hall–Kier alpha value is -3.52. The number of hydrogen-bond donors (Lipinski definition) is 7. The number of hydrogen-bond acceptors (Lipinski definition) is 8. The number of guanidine groups is 1. The summed E-state index contributed by atoms with van der Waals surface area (Å²) in [5.74, 6) is -1.74. The molecule has 1 heterocycles. The van der Waals surface area contributed by atoms with Crippen LogP contribution in [0.5, 0.6) is 0 Å². The number of aliphatic imine (C=N–C) groups is 1. The van der Waals surface area contributed by atoms with Gasteiger partial charge in [-0.25, -0.2) is 4.79 Å². The molecule has 342 valence electrons. The van der Waals surface area contributed by atoms with Crippen LogP contribution in [0, 0.1) is 56.7 Å². The molecule has 0 aromatic carbocycles. The van der Waals surface area contributed by atoms with E-state index in [2.05, 4.69) is 63.2 Å². The molecule has 0 unspecified atom stereocenters. The summed E-state index contributed by atoms with van der Waals surface area (Å²) in [6.07, 6.45) is 10.8. The Labute approximate surface area is 363 Å². The molecule has 6 aliphatic rings. The number of likely N-dealkylation sites (tertiary alicyclic amines) is 1. The van der Waals surface area contributed by atoms with Crippen LogP contribution >= 0.6 is 0 Å². The van der Waals surface area contributed by atoms with Crippen LogP contribution in [0.25, 0.3) is 0 Å². The van der Waals surface area contributed by atoms with E-state index < -0.39 is 52.8 Å². The maximum absolute atomic E-state index is 15.3. The van der Waals surface area contributed by atoms with Crippen LogP contribution in [0.4, 0.5) is 0 Å². The van der Waals surface area contributed by atoms with Crippen molar-refractivity contribution in [3.63, 3.8) is 0 Å². The normalized spacial score (nSPS) is 40.2. The summed E-state index contributed by atoms with van der Waals surface area (Å²) >= 11 is 0. The third-order valence-electron chi connectivity index (χ3n) is 18.2. The monoisotopic (exact) mass is 852 g/mol. The van der Waals surface area contributed by atoms with E-state index in [4.69, 9.17) is 17.2 Å². The molecular weight excluding hydrogens is 775 g/mol. The van der Waals surface area contributed by atoms with Gasteiger partial charge in [0.15, 0.2) is 11.7 Å². The number of amides is 3. The zero-order valence-electron chi connectivity index (χ0n) is 38.1. The van der Waals surface area contributed by atoms with Crippen LogP contribution in [-0.2, 0) is 24.0 Å². The number of carbonyl (C=O) groups excluding carboxylic acids is 4. The number of carboxylic acids is 1. The molecule has 1 aliphatic heterocycles. The summed E-state index contributed by atoms with van der Waals surface area (Å²) in [7, 11) is 0. The smallest absolute Gasteiger partial charge is 0.326 e. The number of aliphatic carboxylic acids is 1. The van der Waals surface area contributed by atoms with Gasteiger partial charge in [0, 0.05) is 19.0 Å². The Morgan fingerprint density at radius 1 is 0.902 bits per heavy atom. The second kappa shape index (κ2) is 17.6. The van der Waals surface area contributed by atoms with E-state index in [1.807, 2.05) is 6.92 Å². The average Bonchev–Trinajstić information content (AvgIpc) is 3.69. The lowest BCUT2D eigenvalue weighted by Crippen LogP contribution is -2.69. The van der Waals surface area contributed by atoms with E-state index in [0.29, 0.717) is 82.2 Å². The maximum Gasteiger partial charge on any atom is 0.326 e. The van der Waals surface area contributed by atoms with Gasteiger partial charge in [-0.1, -0.05) is 47.1 Å². The lowest BCUT2D eigenvalue weighted by Gasteiger charge is -2.70. The van der Waals surface area contributed by atoms with Gasteiger partial charge in [-0.3, -0.25) is 24.2 Å². The molecular formula is C47H77N7O7. The summed E-state index contributed by atoms with van der Waals surface area (Å²) in [6.45, 7) is 17.0.